The molecule has 7 heteroatoms. The molecule has 0 atom stereocenters. The van der Waals surface area contributed by atoms with Gasteiger partial charge in [0, 0.05) is 11.9 Å². The Labute approximate surface area is 149 Å². The van der Waals surface area contributed by atoms with Gasteiger partial charge in [-0.2, -0.15) is 0 Å². The van der Waals surface area contributed by atoms with Gasteiger partial charge in [0.2, 0.25) is 0 Å². The molecule has 2 rings (SSSR count). The highest BCUT2D eigenvalue weighted by Crippen LogP contribution is 2.39. The summed E-state index contributed by atoms with van der Waals surface area (Å²) in [5.41, 5.74) is 9.02. The number of anilines is 1. The Morgan fingerprint density at radius 2 is 1.82 bits per heavy atom. The number of nitrogens with zero attached hydrogens (tertiary/aromatic N) is 1. The monoisotopic (exact) mass is 437 g/mol. The summed E-state index contributed by atoms with van der Waals surface area (Å²) in [6.07, 6.45) is 3.57. The van der Waals surface area contributed by atoms with Crippen molar-refractivity contribution < 1.29 is 8.42 Å². The molecule has 5 nitrogen and oxygen atoms in total. The van der Waals surface area contributed by atoms with E-state index in [0.29, 0.717) is 12.8 Å². The van der Waals surface area contributed by atoms with Crippen molar-refractivity contribution >= 4 is 45.5 Å². The molecule has 0 aliphatic heterocycles. The standard InChI is InChI=1S/C15H23N3O2S.HI/c1-11-7-12(2)9-13(8-11)18-14(16)17-10-15(5-4-6-15)21(3,19)20;/h7-9H,4-6,10H2,1-3H3,(H3,16,17,18);1H. The summed E-state index contributed by atoms with van der Waals surface area (Å²) in [5.74, 6) is 0.259. The van der Waals surface area contributed by atoms with Crippen LogP contribution < -0.4 is 11.1 Å². The summed E-state index contributed by atoms with van der Waals surface area (Å²) in [4.78, 5) is 4.24. The Morgan fingerprint density at radius 3 is 2.23 bits per heavy atom. The van der Waals surface area contributed by atoms with Crippen molar-refractivity contribution in [2.45, 2.75) is 37.9 Å². The number of nitrogens with one attached hydrogen (secondary N) is 1. The lowest BCUT2D eigenvalue weighted by atomic mass is 9.84. The summed E-state index contributed by atoms with van der Waals surface area (Å²) in [7, 11) is -3.10. The molecule has 1 aromatic rings. The SMILES string of the molecule is Cc1cc(C)cc(NC(N)=NCC2(S(C)(=O)=O)CCC2)c1.I. The number of halogens is 1. The molecule has 0 bridgehead atoms. The van der Waals surface area contributed by atoms with E-state index in [2.05, 4.69) is 16.4 Å². The van der Waals surface area contributed by atoms with Gasteiger partial charge in [-0.1, -0.05) is 12.5 Å². The van der Waals surface area contributed by atoms with Crippen LogP contribution in [0.25, 0.3) is 0 Å². The fourth-order valence-corrected chi connectivity index (χ4v) is 4.01. The summed E-state index contributed by atoms with van der Waals surface area (Å²) in [6.45, 7) is 4.26. The molecule has 3 N–H and O–H groups in total. The van der Waals surface area contributed by atoms with E-state index in [1.807, 2.05) is 26.0 Å². The Hall–Kier alpha value is -0.830. The third-order valence-electron chi connectivity index (χ3n) is 4.08. The van der Waals surface area contributed by atoms with Crippen LogP contribution in [0.4, 0.5) is 5.69 Å². The largest absolute Gasteiger partial charge is 0.370 e. The van der Waals surface area contributed by atoms with Crippen LogP contribution >= 0.6 is 24.0 Å². The van der Waals surface area contributed by atoms with Gasteiger partial charge in [0.1, 0.15) is 0 Å². The number of aliphatic imine (C=N–C) groups is 1. The molecule has 1 aromatic carbocycles. The molecule has 0 unspecified atom stereocenters. The number of rotatable bonds is 4. The van der Waals surface area contributed by atoms with Gasteiger partial charge in [0.15, 0.2) is 15.8 Å². The van der Waals surface area contributed by atoms with Crippen LogP contribution in [-0.4, -0.2) is 31.9 Å². The van der Waals surface area contributed by atoms with E-state index in [9.17, 15) is 8.42 Å². The van der Waals surface area contributed by atoms with Crippen molar-refractivity contribution in [1.29, 1.82) is 0 Å². The first-order valence-electron chi connectivity index (χ1n) is 7.07. The molecule has 1 saturated carbocycles. The molecule has 1 aliphatic rings. The minimum absolute atomic E-state index is 0. The molecule has 0 heterocycles. The maximum absolute atomic E-state index is 11.9. The summed E-state index contributed by atoms with van der Waals surface area (Å²) >= 11 is 0. The quantitative estimate of drug-likeness (QED) is 0.431. The summed E-state index contributed by atoms with van der Waals surface area (Å²) in [5, 5.41) is 3.03. The van der Waals surface area contributed by atoms with Gasteiger partial charge in [0.05, 0.1) is 11.3 Å². The molecule has 0 radical (unpaired) electrons. The number of nitrogens with two attached hydrogens (primary N) is 1. The second-order valence-corrected chi connectivity index (χ2v) is 8.42. The average Bonchev–Trinajstić information content (AvgIpc) is 2.23. The lowest BCUT2D eigenvalue weighted by molar-refractivity contribution is 0.347. The molecule has 22 heavy (non-hydrogen) atoms. The van der Waals surface area contributed by atoms with Crippen LogP contribution in [0.2, 0.25) is 0 Å². The van der Waals surface area contributed by atoms with E-state index in [-0.39, 0.29) is 36.5 Å². The molecule has 0 saturated heterocycles. The van der Waals surface area contributed by atoms with Crippen LogP contribution in [0, 0.1) is 13.8 Å². The Morgan fingerprint density at radius 1 is 1.27 bits per heavy atom. The number of benzene rings is 1. The first-order chi connectivity index (χ1) is 9.72. The minimum atomic E-state index is -3.10. The van der Waals surface area contributed by atoms with Crippen molar-refractivity contribution in [2.75, 3.05) is 18.1 Å². The first kappa shape index (κ1) is 19.2. The van der Waals surface area contributed by atoms with E-state index >= 15 is 0 Å². The van der Waals surface area contributed by atoms with Gasteiger partial charge in [-0.05, 0) is 49.9 Å². The average molecular weight is 437 g/mol. The maximum atomic E-state index is 11.9. The van der Waals surface area contributed by atoms with Crippen LogP contribution in [0.15, 0.2) is 23.2 Å². The van der Waals surface area contributed by atoms with E-state index in [1.165, 1.54) is 6.26 Å². The highest BCUT2D eigenvalue weighted by molar-refractivity contribution is 14.0. The fraction of sp³-hybridized carbons (Fsp3) is 0.533. The summed E-state index contributed by atoms with van der Waals surface area (Å²) < 4.78 is 23.0. The molecule has 1 fully saturated rings. The maximum Gasteiger partial charge on any atom is 0.193 e. The third kappa shape index (κ3) is 4.34. The number of aryl methyl sites for hydroxylation is 2. The lowest BCUT2D eigenvalue weighted by Gasteiger charge is -2.38. The second kappa shape index (κ2) is 7.16. The topological polar surface area (TPSA) is 84.5 Å². The zero-order valence-corrected chi connectivity index (χ0v) is 16.4. The Kier molecular flexibility index (Phi) is 6.26. The zero-order valence-electron chi connectivity index (χ0n) is 13.2. The fourth-order valence-electron chi connectivity index (χ4n) is 2.68. The number of guanidine groups is 1. The van der Waals surface area contributed by atoms with Crippen molar-refractivity contribution in [3.63, 3.8) is 0 Å². The molecule has 0 aromatic heterocycles. The normalized spacial score (nSPS) is 17.3. The van der Waals surface area contributed by atoms with Crippen molar-refractivity contribution in [1.82, 2.24) is 0 Å². The molecule has 0 spiro atoms. The predicted molar refractivity (Wildman–Crippen MR) is 103 cm³/mol. The number of hydrogen-bond donors (Lipinski definition) is 2. The van der Waals surface area contributed by atoms with Crippen molar-refractivity contribution in [3.05, 3.63) is 29.3 Å². The number of hydrogen-bond acceptors (Lipinski definition) is 3. The molecular formula is C15H24IN3O2S. The van der Waals surface area contributed by atoms with Gasteiger partial charge < -0.3 is 11.1 Å². The van der Waals surface area contributed by atoms with E-state index in [1.54, 1.807) is 0 Å². The highest BCUT2D eigenvalue weighted by atomic mass is 127. The van der Waals surface area contributed by atoms with Crippen LogP contribution in [0.3, 0.4) is 0 Å². The first-order valence-corrected chi connectivity index (χ1v) is 8.96. The van der Waals surface area contributed by atoms with E-state index in [0.717, 1.165) is 23.2 Å². The number of sulfone groups is 1. The minimum Gasteiger partial charge on any atom is -0.370 e. The zero-order chi connectivity index (χ0) is 15.7. The smallest absolute Gasteiger partial charge is 0.193 e. The highest BCUT2D eigenvalue weighted by Gasteiger charge is 2.46. The van der Waals surface area contributed by atoms with Gasteiger partial charge in [-0.15, -0.1) is 24.0 Å². The Bertz CT molecular complexity index is 647. The molecule has 1 aliphatic carbocycles. The van der Waals surface area contributed by atoms with Crippen LogP contribution in [0.5, 0.6) is 0 Å². The van der Waals surface area contributed by atoms with E-state index < -0.39 is 14.6 Å². The van der Waals surface area contributed by atoms with Gasteiger partial charge >= 0.3 is 0 Å². The van der Waals surface area contributed by atoms with Gasteiger partial charge in [-0.3, -0.25) is 4.99 Å². The van der Waals surface area contributed by atoms with Gasteiger partial charge in [0.25, 0.3) is 0 Å². The third-order valence-corrected chi connectivity index (χ3v) is 6.19. The lowest BCUT2D eigenvalue weighted by Crippen LogP contribution is -2.48. The van der Waals surface area contributed by atoms with Crippen molar-refractivity contribution in [3.8, 4) is 0 Å². The van der Waals surface area contributed by atoms with Gasteiger partial charge in [-0.25, -0.2) is 8.42 Å². The van der Waals surface area contributed by atoms with Crippen LogP contribution in [0.1, 0.15) is 30.4 Å². The molecule has 0 amide bonds. The predicted octanol–water partition coefficient (Wildman–Crippen LogP) is 2.62. The van der Waals surface area contributed by atoms with Crippen LogP contribution in [-0.2, 0) is 9.84 Å². The Balaban J connectivity index is 0.00000242. The molecule has 124 valence electrons. The van der Waals surface area contributed by atoms with E-state index in [4.69, 9.17) is 5.73 Å². The molecular weight excluding hydrogens is 413 g/mol. The second-order valence-electron chi connectivity index (χ2n) is 6.01. The van der Waals surface area contributed by atoms with Crippen molar-refractivity contribution in [2.24, 2.45) is 10.7 Å². The summed E-state index contributed by atoms with van der Waals surface area (Å²) in [6, 6.07) is 6.03.